The van der Waals surface area contributed by atoms with Gasteiger partial charge in [0.2, 0.25) is 0 Å². The summed E-state index contributed by atoms with van der Waals surface area (Å²) < 4.78 is 23.2. The molecule has 7 nitrogen and oxygen atoms in total. The average molecular weight is 462 g/mol. The van der Waals surface area contributed by atoms with Crippen LogP contribution in [0.4, 0.5) is 10.2 Å². The Balaban J connectivity index is 1.55. The van der Waals surface area contributed by atoms with E-state index < -0.39 is 0 Å². The van der Waals surface area contributed by atoms with Crippen molar-refractivity contribution in [3.8, 4) is 17.3 Å². The van der Waals surface area contributed by atoms with Gasteiger partial charge in [-0.1, -0.05) is 12.1 Å². The molecule has 0 unspecified atom stereocenters. The summed E-state index contributed by atoms with van der Waals surface area (Å²) in [6.07, 6.45) is 8.02. The van der Waals surface area contributed by atoms with Crippen LogP contribution in [-0.2, 0) is 0 Å². The van der Waals surface area contributed by atoms with Crippen LogP contribution in [0.1, 0.15) is 48.1 Å². The zero-order chi connectivity index (χ0) is 23.7. The lowest BCUT2D eigenvalue weighted by Gasteiger charge is -2.23. The Labute approximate surface area is 198 Å². The quantitative estimate of drug-likeness (QED) is 0.564. The third-order valence-corrected chi connectivity index (χ3v) is 6.46. The van der Waals surface area contributed by atoms with Gasteiger partial charge in [0.1, 0.15) is 23.1 Å². The Kier molecular flexibility index (Phi) is 6.15. The van der Waals surface area contributed by atoms with Crippen LogP contribution in [0.25, 0.3) is 17.1 Å². The van der Waals surface area contributed by atoms with Gasteiger partial charge in [0, 0.05) is 43.2 Å². The normalized spacial score (nSPS) is 19.2. The van der Waals surface area contributed by atoms with Gasteiger partial charge in [0.15, 0.2) is 5.82 Å². The molecule has 0 saturated carbocycles. The molecule has 5 rings (SSSR count). The number of nitrogens with one attached hydrogen (secondary N) is 1. The molecule has 1 N–H and O–H groups in total. The molecule has 0 aliphatic carbocycles. The van der Waals surface area contributed by atoms with Crippen LogP contribution >= 0.6 is 0 Å². The summed E-state index contributed by atoms with van der Waals surface area (Å²) in [5.74, 6) is 0.636. The predicted octanol–water partition coefficient (Wildman–Crippen LogP) is 4.79. The highest BCUT2D eigenvalue weighted by atomic mass is 19.1. The number of rotatable bonds is 1. The lowest BCUT2D eigenvalue weighted by Crippen LogP contribution is -2.24. The van der Waals surface area contributed by atoms with Crippen LogP contribution in [0.2, 0.25) is 0 Å². The lowest BCUT2D eigenvalue weighted by atomic mass is 9.96. The van der Waals surface area contributed by atoms with Gasteiger partial charge in [0.25, 0.3) is 5.91 Å². The first kappa shape index (κ1) is 22.3. The SMILES string of the molecule is C[C@H]1CCCOc2cc(F)c(C3=CCN(C)CC3)cc2C(=O)Nc2cccc(n2)-c2nccn21. The van der Waals surface area contributed by atoms with Gasteiger partial charge in [0.05, 0.1) is 12.2 Å². The minimum Gasteiger partial charge on any atom is -0.493 e. The number of likely N-dealkylation sites (N-methyl/N-ethyl adjacent to an activating group) is 1. The van der Waals surface area contributed by atoms with Crippen LogP contribution in [0.5, 0.6) is 5.75 Å². The number of nitrogens with zero attached hydrogens (tertiary/aromatic N) is 4. The van der Waals surface area contributed by atoms with Crippen LogP contribution in [0.15, 0.2) is 48.8 Å². The zero-order valence-corrected chi connectivity index (χ0v) is 19.4. The van der Waals surface area contributed by atoms with Crippen molar-refractivity contribution in [3.05, 3.63) is 65.7 Å². The number of imidazole rings is 1. The number of fused-ring (bicyclic) bond motifs is 5. The molecular formula is C26H28FN5O2. The molecule has 1 aromatic carbocycles. The summed E-state index contributed by atoms with van der Waals surface area (Å²) in [7, 11) is 2.03. The summed E-state index contributed by atoms with van der Waals surface area (Å²) >= 11 is 0. The second-order valence-corrected chi connectivity index (χ2v) is 8.93. The summed E-state index contributed by atoms with van der Waals surface area (Å²) in [5, 5.41) is 2.87. The third-order valence-electron chi connectivity index (χ3n) is 6.46. The molecule has 8 heteroatoms. The standard InChI is InChI=1S/C26H28FN5O2/c1-17-5-4-14-34-23-16-21(27)19(18-8-11-31(2)12-9-18)15-20(23)26(33)30-24-7-3-6-22(29-24)25-28-10-13-32(17)25/h3,6-8,10,13,15-17H,4-5,9,11-12,14H2,1-2H3,(H,29,30,33)/t17-/m0/s1. The number of hydrogen-bond acceptors (Lipinski definition) is 5. The number of pyridine rings is 1. The van der Waals surface area contributed by atoms with Crippen molar-refractivity contribution < 1.29 is 13.9 Å². The Bertz CT molecular complexity index is 1250. The maximum absolute atomic E-state index is 15.1. The van der Waals surface area contributed by atoms with E-state index in [1.807, 2.05) is 31.5 Å². The van der Waals surface area contributed by atoms with Crippen molar-refractivity contribution in [2.75, 3.05) is 32.1 Å². The van der Waals surface area contributed by atoms with Crippen molar-refractivity contribution in [1.82, 2.24) is 19.4 Å². The fraction of sp³-hybridized carbons (Fsp3) is 0.346. The minimum absolute atomic E-state index is 0.180. The van der Waals surface area contributed by atoms with Gasteiger partial charge in [-0.2, -0.15) is 0 Å². The van der Waals surface area contributed by atoms with E-state index in [1.54, 1.807) is 18.3 Å². The van der Waals surface area contributed by atoms with Gasteiger partial charge in [-0.25, -0.2) is 14.4 Å². The third kappa shape index (κ3) is 4.46. The average Bonchev–Trinajstić information content (AvgIpc) is 3.32. The van der Waals surface area contributed by atoms with E-state index in [9.17, 15) is 4.79 Å². The molecular weight excluding hydrogens is 433 g/mol. The van der Waals surface area contributed by atoms with Crippen LogP contribution in [-0.4, -0.2) is 52.1 Å². The summed E-state index contributed by atoms with van der Waals surface area (Å²) in [5.41, 5.74) is 2.34. The van der Waals surface area contributed by atoms with Gasteiger partial charge in [-0.3, -0.25) is 4.79 Å². The molecule has 0 radical (unpaired) electrons. The molecule has 2 aliphatic rings. The van der Waals surface area contributed by atoms with E-state index in [0.29, 0.717) is 29.2 Å². The number of amides is 1. The van der Waals surface area contributed by atoms with Crippen LogP contribution < -0.4 is 10.1 Å². The van der Waals surface area contributed by atoms with Crippen molar-refractivity contribution >= 4 is 17.3 Å². The fourth-order valence-electron chi connectivity index (χ4n) is 4.49. The molecule has 176 valence electrons. The highest BCUT2D eigenvalue weighted by Crippen LogP contribution is 2.32. The highest BCUT2D eigenvalue weighted by Gasteiger charge is 2.22. The van der Waals surface area contributed by atoms with Crippen molar-refractivity contribution in [3.63, 3.8) is 0 Å². The topological polar surface area (TPSA) is 72.3 Å². The maximum Gasteiger partial charge on any atom is 0.260 e. The van der Waals surface area contributed by atoms with E-state index in [2.05, 4.69) is 31.7 Å². The molecule has 0 fully saturated rings. The first-order chi connectivity index (χ1) is 16.5. The van der Waals surface area contributed by atoms with E-state index in [4.69, 9.17) is 4.74 Å². The number of carbonyl (C=O) groups excluding carboxylic acids is 1. The van der Waals surface area contributed by atoms with E-state index in [1.165, 1.54) is 6.07 Å². The summed E-state index contributed by atoms with van der Waals surface area (Å²) in [6.45, 7) is 4.09. The van der Waals surface area contributed by atoms with Crippen LogP contribution in [0, 0.1) is 5.82 Å². The number of benzene rings is 1. The first-order valence-electron chi connectivity index (χ1n) is 11.7. The Hall–Kier alpha value is -3.52. The molecule has 2 aliphatic heterocycles. The van der Waals surface area contributed by atoms with Gasteiger partial charge >= 0.3 is 0 Å². The number of carbonyl (C=O) groups is 1. The first-order valence-corrected chi connectivity index (χ1v) is 11.7. The molecule has 3 aromatic rings. The Morgan fingerprint density at radius 1 is 1.24 bits per heavy atom. The Morgan fingerprint density at radius 2 is 2.12 bits per heavy atom. The highest BCUT2D eigenvalue weighted by molar-refractivity contribution is 6.06. The number of anilines is 1. The van der Waals surface area contributed by atoms with Crippen molar-refractivity contribution in [2.24, 2.45) is 0 Å². The van der Waals surface area contributed by atoms with Crippen molar-refractivity contribution in [1.29, 1.82) is 0 Å². The number of halogens is 1. The number of ether oxygens (including phenoxy) is 1. The smallest absolute Gasteiger partial charge is 0.260 e. The molecule has 34 heavy (non-hydrogen) atoms. The Morgan fingerprint density at radius 3 is 2.94 bits per heavy atom. The van der Waals surface area contributed by atoms with Gasteiger partial charge in [-0.15, -0.1) is 0 Å². The summed E-state index contributed by atoms with van der Waals surface area (Å²) in [4.78, 5) is 24.6. The second-order valence-electron chi connectivity index (χ2n) is 8.93. The second kappa shape index (κ2) is 9.38. The minimum atomic E-state index is -0.386. The van der Waals surface area contributed by atoms with E-state index >= 15 is 4.39 Å². The van der Waals surface area contributed by atoms with E-state index in [0.717, 1.165) is 43.7 Å². The predicted molar refractivity (Wildman–Crippen MR) is 129 cm³/mol. The van der Waals surface area contributed by atoms with Crippen LogP contribution in [0.3, 0.4) is 0 Å². The lowest BCUT2D eigenvalue weighted by molar-refractivity contribution is 0.102. The fourth-order valence-corrected chi connectivity index (χ4v) is 4.49. The van der Waals surface area contributed by atoms with Crippen molar-refractivity contribution in [2.45, 2.75) is 32.2 Å². The molecule has 1 atom stereocenters. The number of aromatic nitrogens is 3. The molecule has 4 heterocycles. The molecule has 0 saturated heterocycles. The summed E-state index contributed by atoms with van der Waals surface area (Å²) in [6, 6.07) is 8.58. The molecule has 2 aromatic heterocycles. The molecule has 1 amide bonds. The van der Waals surface area contributed by atoms with Gasteiger partial charge in [-0.05, 0) is 57.0 Å². The van der Waals surface area contributed by atoms with Gasteiger partial charge < -0.3 is 19.5 Å². The largest absolute Gasteiger partial charge is 0.493 e. The number of hydrogen-bond donors (Lipinski definition) is 1. The molecule has 2 bridgehead atoms. The molecule has 0 spiro atoms. The monoisotopic (exact) mass is 461 g/mol. The zero-order valence-electron chi connectivity index (χ0n) is 19.4. The maximum atomic E-state index is 15.1. The van der Waals surface area contributed by atoms with E-state index in [-0.39, 0.29) is 23.5 Å².